The van der Waals surface area contributed by atoms with E-state index < -0.39 is 5.41 Å². The first-order chi connectivity index (χ1) is 10.2. The molecule has 2 N–H and O–H groups in total. The molecule has 5 heteroatoms. The molecule has 130 valence electrons. The maximum absolute atomic E-state index is 13.1. The number of carbonyl (C=O) groups excluding carboxylic acids is 1. The highest BCUT2D eigenvalue weighted by atomic mass is 35.5. The van der Waals surface area contributed by atoms with E-state index in [1.165, 1.54) is 0 Å². The average molecular weight is 341 g/mol. The Morgan fingerprint density at radius 1 is 1.35 bits per heavy atom. The van der Waals surface area contributed by atoms with Crippen molar-refractivity contribution in [3.05, 3.63) is 29.8 Å². The van der Waals surface area contributed by atoms with Crippen LogP contribution in [-0.4, -0.2) is 37.0 Å². The van der Waals surface area contributed by atoms with E-state index in [2.05, 4.69) is 13.8 Å². The van der Waals surface area contributed by atoms with Crippen LogP contribution in [0.3, 0.4) is 0 Å². The number of amides is 1. The van der Waals surface area contributed by atoms with E-state index in [-0.39, 0.29) is 29.8 Å². The summed E-state index contributed by atoms with van der Waals surface area (Å²) in [5.74, 6) is 0.894. The standard InChI is InChI=1S/C18H28N2O2.ClH/c1-17(2)12-20(11-10-15(17)19)16(21)18(3,4)13-8-6-7-9-14(13)22-5;/h6-9,15H,10-12,19H2,1-5H3;1H. The molecule has 1 aromatic carbocycles. The highest BCUT2D eigenvalue weighted by Gasteiger charge is 2.41. The number of para-hydroxylation sites is 1. The second-order valence-corrected chi connectivity index (χ2v) is 7.44. The number of hydrogen-bond donors (Lipinski definition) is 1. The Kier molecular flexibility index (Phi) is 6.11. The summed E-state index contributed by atoms with van der Waals surface area (Å²) in [4.78, 5) is 15.1. The molecule has 1 saturated heterocycles. The number of halogens is 1. The number of hydrogen-bond acceptors (Lipinski definition) is 3. The minimum atomic E-state index is -0.621. The lowest BCUT2D eigenvalue weighted by Gasteiger charge is -2.45. The summed E-state index contributed by atoms with van der Waals surface area (Å²) in [7, 11) is 1.64. The molecular formula is C18H29ClN2O2. The second kappa shape index (κ2) is 7.10. The van der Waals surface area contributed by atoms with Gasteiger partial charge in [0.2, 0.25) is 5.91 Å². The summed E-state index contributed by atoms with van der Waals surface area (Å²) >= 11 is 0. The first kappa shape index (κ1) is 19.8. The van der Waals surface area contributed by atoms with Crippen molar-refractivity contribution in [2.45, 2.75) is 45.6 Å². The van der Waals surface area contributed by atoms with Crippen LogP contribution < -0.4 is 10.5 Å². The fraction of sp³-hybridized carbons (Fsp3) is 0.611. The summed E-state index contributed by atoms with van der Waals surface area (Å²) in [6.45, 7) is 9.62. The van der Waals surface area contributed by atoms with Gasteiger partial charge in [0.05, 0.1) is 12.5 Å². The first-order valence-electron chi connectivity index (χ1n) is 7.88. The molecule has 1 aliphatic heterocycles. The Labute approximate surface area is 145 Å². The number of nitrogens with zero attached hydrogens (tertiary/aromatic N) is 1. The van der Waals surface area contributed by atoms with Crippen LogP contribution in [0.2, 0.25) is 0 Å². The lowest BCUT2D eigenvalue weighted by Crippen LogP contribution is -2.56. The highest BCUT2D eigenvalue weighted by Crippen LogP contribution is 2.36. The maximum Gasteiger partial charge on any atom is 0.232 e. The zero-order valence-corrected chi connectivity index (χ0v) is 15.6. The minimum absolute atomic E-state index is 0. The van der Waals surface area contributed by atoms with Crippen molar-refractivity contribution >= 4 is 18.3 Å². The van der Waals surface area contributed by atoms with Gasteiger partial charge in [-0.1, -0.05) is 32.0 Å². The average Bonchev–Trinajstić information content (AvgIpc) is 2.49. The van der Waals surface area contributed by atoms with Crippen LogP contribution in [-0.2, 0) is 10.2 Å². The van der Waals surface area contributed by atoms with Gasteiger partial charge < -0.3 is 15.4 Å². The summed E-state index contributed by atoms with van der Waals surface area (Å²) in [6.07, 6.45) is 0.848. The summed E-state index contributed by atoms with van der Waals surface area (Å²) in [5, 5.41) is 0. The molecule has 1 amide bonds. The molecule has 23 heavy (non-hydrogen) atoms. The molecule has 4 nitrogen and oxygen atoms in total. The molecule has 1 aromatic rings. The van der Waals surface area contributed by atoms with Crippen molar-refractivity contribution in [1.82, 2.24) is 4.90 Å². The number of benzene rings is 1. The van der Waals surface area contributed by atoms with Gasteiger partial charge in [0.1, 0.15) is 5.75 Å². The van der Waals surface area contributed by atoms with Gasteiger partial charge >= 0.3 is 0 Å². The van der Waals surface area contributed by atoms with E-state index >= 15 is 0 Å². The van der Waals surface area contributed by atoms with E-state index in [0.29, 0.717) is 6.54 Å². The Bertz CT molecular complexity index is 558. The summed E-state index contributed by atoms with van der Waals surface area (Å²) in [6, 6.07) is 7.89. The molecule has 0 saturated carbocycles. The number of rotatable bonds is 3. The van der Waals surface area contributed by atoms with E-state index in [0.717, 1.165) is 24.3 Å². The van der Waals surface area contributed by atoms with Crippen LogP contribution >= 0.6 is 12.4 Å². The number of methoxy groups -OCH3 is 1. The highest BCUT2D eigenvalue weighted by molar-refractivity contribution is 5.88. The van der Waals surface area contributed by atoms with Crippen LogP contribution in [0.4, 0.5) is 0 Å². The monoisotopic (exact) mass is 340 g/mol. The molecule has 0 bridgehead atoms. The number of likely N-dealkylation sites (tertiary alicyclic amines) is 1. The number of piperidine rings is 1. The maximum atomic E-state index is 13.1. The van der Waals surface area contributed by atoms with Crippen LogP contribution in [0.5, 0.6) is 5.75 Å². The Hall–Kier alpha value is -1.26. The fourth-order valence-electron chi connectivity index (χ4n) is 3.22. The van der Waals surface area contributed by atoms with E-state index in [4.69, 9.17) is 10.5 Å². The van der Waals surface area contributed by atoms with Gasteiger partial charge in [0.15, 0.2) is 0 Å². The fourth-order valence-corrected chi connectivity index (χ4v) is 3.22. The molecule has 0 aromatic heterocycles. The zero-order chi connectivity index (χ0) is 16.5. The van der Waals surface area contributed by atoms with Crippen LogP contribution in [0.15, 0.2) is 24.3 Å². The second-order valence-electron chi connectivity index (χ2n) is 7.44. The Morgan fingerprint density at radius 2 is 1.96 bits per heavy atom. The topological polar surface area (TPSA) is 55.6 Å². The van der Waals surface area contributed by atoms with E-state index in [1.54, 1.807) is 7.11 Å². The Morgan fingerprint density at radius 3 is 2.52 bits per heavy atom. The quantitative estimate of drug-likeness (QED) is 0.920. The zero-order valence-electron chi connectivity index (χ0n) is 14.8. The van der Waals surface area contributed by atoms with Crippen molar-refractivity contribution in [3.63, 3.8) is 0 Å². The molecular weight excluding hydrogens is 312 g/mol. The van der Waals surface area contributed by atoms with Gasteiger partial charge in [-0.3, -0.25) is 4.79 Å². The van der Waals surface area contributed by atoms with Crippen LogP contribution in [0.25, 0.3) is 0 Å². The largest absolute Gasteiger partial charge is 0.496 e. The van der Waals surface area contributed by atoms with Crippen molar-refractivity contribution in [2.75, 3.05) is 20.2 Å². The lowest BCUT2D eigenvalue weighted by atomic mass is 9.77. The van der Waals surface area contributed by atoms with Crippen molar-refractivity contribution in [3.8, 4) is 5.75 Å². The molecule has 1 atom stereocenters. The van der Waals surface area contributed by atoms with E-state index in [9.17, 15) is 4.79 Å². The third kappa shape index (κ3) is 3.81. The third-order valence-electron chi connectivity index (χ3n) is 4.91. The van der Waals surface area contributed by atoms with Crippen molar-refractivity contribution in [1.29, 1.82) is 0 Å². The van der Waals surface area contributed by atoms with Gasteiger partial charge in [-0.15, -0.1) is 12.4 Å². The van der Waals surface area contributed by atoms with Gasteiger partial charge in [0, 0.05) is 24.7 Å². The van der Waals surface area contributed by atoms with Gasteiger partial charge in [0.25, 0.3) is 0 Å². The molecule has 0 aliphatic carbocycles. The molecule has 2 rings (SSSR count). The van der Waals surface area contributed by atoms with Gasteiger partial charge in [-0.2, -0.15) is 0 Å². The van der Waals surface area contributed by atoms with Gasteiger partial charge in [-0.25, -0.2) is 0 Å². The van der Waals surface area contributed by atoms with Gasteiger partial charge in [-0.05, 0) is 31.7 Å². The molecule has 0 radical (unpaired) electrons. The normalized spacial score (nSPS) is 20.6. The smallest absolute Gasteiger partial charge is 0.232 e. The molecule has 1 aliphatic rings. The van der Waals surface area contributed by atoms with Crippen molar-refractivity contribution in [2.24, 2.45) is 11.1 Å². The first-order valence-corrected chi connectivity index (χ1v) is 7.88. The van der Waals surface area contributed by atoms with E-state index in [1.807, 2.05) is 43.0 Å². The minimum Gasteiger partial charge on any atom is -0.496 e. The predicted molar refractivity (Wildman–Crippen MR) is 96.2 cm³/mol. The molecule has 1 fully saturated rings. The summed E-state index contributed by atoms with van der Waals surface area (Å²) < 4.78 is 5.44. The molecule has 1 unspecified atom stereocenters. The van der Waals surface area contributed by atoms with Crippen molar-refractivity contribution < 1.29 is 9.53 Å². The number of nitrogens with two attached hydrogens (primary N) is 1. The lowest BCUT2D eigenvalue weighted by molar-refractivity contribution is -0.139. The predicted octanol–water partition coefficient (Wildman–Crippen LogP) is 2.98. The van der Waals surface area contributed by atoms with Crippen LogP contribution in [0.1, 0.15) is 39.7 Å². The Balaban J connectivity index is 0.00000264. The third-order valence-corrected chi connectivity index (χ3v) is 4.91. The summed E-state index contributed by atoms with van der Waals surface area (Å²) in [5.41, 5.74) is 6.44. The SMILES string of the molecule is COc1ccccc1C(C)(C)C(=O)N1CCC(N)C(C)(C)C1.Cl. The molecule has 1 heterocycles. The number of ether oxygens (including phenoxy) is 1. The number of carbonyl (C=O) groups is 1. The molecule has 0 spiro atoms. The van der Waals surface area contributed by atoms with Crippen LogP contribution in [0, 0.1) is 5.41 Å².